The smallest absolute Gasteiger partial charge is 0.322 e. The Balaban J connectivity index is 0. The van der Waals surface area contributed by atoms with Gasteiger partial charge >= 0.3 is 5.97 Å². The Kier molecular flexibility index (Phi) is 8.48. The van der Waals surface area contributed by atoms with Crippen LogP contribution in [0.15, 0.2) is 0 Å². The molecule has 0 aliphatic rings. The number of carbonyl (C=O) groups excluding carboxylic acids is 1. The largest absolute Gasteiger partial charge is 0.465 e. The van der Waals surface area contributed by atoms with Gasteiger partial charge in [-0.2, -0.15) is 0 Å². The molecule has 0 aromatic heterocycles. The second-order valence-corrected chi connectivity index (χ2v) is 1.96. The van der Waals surface area contributed by atoms with E-state index in [4.69, 9.17) is 5.73 Å². The van der Waals surface area contributed by atoms with Crippen LogP contribution in [-0.4, -0.2) is 18.6 Å². The number of ether oxygens (including phenoxy) is 1. The van der Waals surface area contributed by atoms with Crippen LogP contribution in [0, 0.1) is 0 Å². The molecule has 0 amide bonds. The lowest BCUT2D eigenvalue weighted by Crippen LogP contribution is -2.28. The van der Waals surface area contributed by atoms with Crippen LogP contribution in [0.25, 0.3) is 0 Å². The van der Waals surface area contributed by atoms with Crippen molar-refractivity contribution >= 4 is 18.4 Å². The van der Waals surface area contributed by atoms with Crippen molar-refractivity contribution in [3.05, 3.63) is 0 Å². The second kappa shape index (κ2) is 6.83. The molecule has 1 unspecified atom stereocenters. The summed E-state index contributed by atoms with van der Waals surface area (Å²) < 4.78 is 4.69. The first-order chi connectivity index (χ1) is 4.18. The number of halogens is 1. The van der Waals surface area contributed by atoms with E-state index in [0.717, 1.165) is 6.42 Å². The molecule has 0 aliphatic carbocycles. The summed E-state index contributed by atoms with van der Waals surface area (Å²) in [6, 6.07) is -0.489. The minimum absolute atomic E-state index is 0. The molecule has 0 aliphatic heterocycles. The number of hydrogen-bond donors (Lipinski definition) is 1. The highest BCUT2D eigenvalue weighted by Gasteiger charge is 2.06. The van der Waals surface area contributed by atoms with Crippen molar-refractivity contribution in [2.24, 2.45) is 5.73 Å². The molecule has 0 aromatic carbocycles. The number of esters is 1. The molecule has 1 atom stereocenters. The summed E-state index contributed by atoms with van der Waals surface area (Å²) >= 11 is 0. The lowest BCUT2D eigenvalue weighted by molar-refractivity contribution is -0.144. The van der Waals surface area contributed by atoms with Gasteiger partial charge in [0, 0.05) is 0 Å². The summed E-state index contributed by atoms with van der Waals surface area (Å²) in [4.78, 5) is 10.6. The molecule has 10 heavy (non-hydrogen) atoms. The van der Waals surface area contributed by atoms with Crippen molar-refractivity contribution in [2.45, 2.75) is 26.3 Å². The number of carbonyl (C=O) groups is 1. The Labute approximate surface area is 67.3 Å². The Hall–Kier alpha value is -0.280. The number of nitrogens with two attached hydrogens (primary N) is 1. The number of hydrogen-bond acceptors (Lipinski definition) is 3. The SMILES string of the molecule is CCCOC(=O)C(C)N.Cl. The third-order valence-corrected chi connectivity index (χ3v) is 0.820. The van der Waals surface area contributed by atoms with Crippen molar-refractivity contribution < 1.29 is 9.53 Å². The van der Waals surface area contributed by atoms with Crippen LogP contribution < -0.4 is 5.73 Å². The average molecular weight is 168 g/mol. The van der Waals surface area contributed by atoms with Crippen molar-refractivity contribution in [2.75, 3.05) is 6.61 Å². The Morgan fingerprint density at radius 1 is 1.70 bits per heavy atom. The summed E-state index contributed by atoms with van der Waals surface area (Å²) in [5, 5.41) is 0. The molecule has 4 heteroatoms. The van der Waals surface area contributed by atoms with Crippen LogP contribution in [0.1, 0.15) is 20.3 Å². The molecule has 0 rings (SSSR count). The highest BCUT2D eigenvalue weighted by atomic mass is 35.5. The van der Waals surface area contributed by atoms with Gasteiger partial charge in [-0.05, 0) is 13.3 Å². The summed E-state index contributed by atoms with van der Waals surface area (Å²) in [5.74, 6) is -0.322. The third kappa shape index (κ3) is 5.85. The molecule has 0 heterocycles. The van der Waals surface area contributed by atoms with Gasteiger partial charge in [0.25, 0.3) is 0 Å². The maximum atomic E-state index is 10.6. The second-order valence-electron chi connectivity index (χ2n) is 1.96. The first kappa shape index (κ1) is 12.4. The van der Waals surface area contributed by atoms with Crippen LogP contribution >= 0.6 is 12.4 Å². The molecule has 0 saturated heterocycles. The Morgan fingerprint density at radius 3 is 2.50 bits per heavy atom. The zero-order valence-corrected chi connectivity index (χ0v) is 7.11. The molecule has 2 N–H and O–H groups in total. The van der Waals surface area contributed by atoms with E-state index in [9.17, 15) is 4.79 Å². The predicted octanol–water partition coefficient (Wildman–Crippen LogP) is 0.709. The lowest BCUT2D eigenvalue weighted by Gasteiger charge is -2.03. The van der Waals surface area contributed by atoms with Gasteiger partial charge in [-0.3, -0.25) is 4.79 Å². The molecule has 0 bridgehead atoms. The summed E-state index contributed by atoms with van der Waals surface area (Å²) in [6.45, 7) is 4.02. The molecule has 62 valence electrons. The van der Waals surface area contributed by atoms with E-state index in [1.165, 1.54) is 0 Å². The number of rotatable bonds is 3. The zero-order chi connectivity index (χ0) is 7.28. The van der Waals surface area contributed by atoms with Crippen LogP contribution in [-0.2, 0) is 9.53 Å². The molecule has 0 aromatic rings. The monoisotopic (exact) mass is 167 g/mol. The van der Waals surface area contributed by atoms with Gasteiger partial charge in [-0.25, -0.2) is 0 Å². The van der Waals surface area contributed by atoms with E-state index < -0.39 is 6.04 Å². The lowest BCUT2D eigenvalue weighted by atomic mass is 10.4. The van der Waals surface area contributed by atoms with E-state index in [1.54, 1.807) is 6.92 Å². The summed E-state index contributed by atoms with van der Waals surface area (Å²) in [5.41, 5.74) is 5.20. The highest BCUT2D eigenvalue weighted by Crippen LogP contribution is 1.85. The standard InChI is InChI=1S/C6H13NO2.ClH/c1-3-4-9-6(8)5(2)7;/h5H,3-4,7H2,1-2H3;1H. The highest BCUT2D eigenvalue weighted by molar-refractivity contribution is 5.85. The molecule has 0 radical (unpaired) electrons. The summed E-state index contributed by atoms with van der Waals surface area (Å²) in [7, 11) is 0. The fourth-order valence-electron chi connectivity index (χ4n) is 0.334. The van der Waals surface area contributed by atoms with Crippen LogP contribution in [0.5, 0.6) is 0 Å². The van der Waals surface area contributed by atoms with E-state index in [0.29, 0.717) is 6.61 Å². The molecular formula is C6H14ClNO2. The average Bonchev–Trinajstić information content (AvgIpc) is 1.82. The van der Waals surface area contributed by atoms with E-state index in [-0.39, 0.29) is 18.4 Å². The van der Waals surface area contributed by atoms with Gasteiger partial charge in [0.2, 0.25) is 0 Å². The zero-order valence-electron chi connectivity index (χ0n) is 6.29. The van der Waals surface area contributed by atoms with Gasteiger partial charge in [-0.15, -0.1) is 12.4 Å². The Bertz CT molecular complexity index is 95.7. The molecule has 0 spiro atoms. The maximum absolute atomic E-state index is 10.6. The van der Waals surface area contributed by atoms with Crippen molar-refractivity contribution in [1.29, 1.82) is 0 Å². The van der Waals surface area contributed by atoms with E-state index in [1.807, 2.05) is 6.92 Å². The van der Waals surface area contributed by atoms with Gasteiger partial charge in [0.15, 0.2) is 0 Å². The minimum atomic E-state index is -0.489. The fraction of sp³-hybridized carbons (Fsp3) is 0.833. The first-order valence-electron chi connectivity index (χ1n) is 3.10. The van der Waals surface area contributed by atoms with E-state index in [2.05, 4.69) is 4.74 Å². The van der Waals surface area contributed by atoms with Crippen molar-refractivity contribution in [3.8, 4) is 0 Å². The van der Waals surface area contributed by atoms with E-state index >= 15 is 0 Å². The molecule has 0 saturated carbocycles. The van der Waals surface area contributed by atoms with Gasteiger partial charge < -0.3 is 10.5 Å². The van der Waals surface area contributed by atoms with Crippen LogP contribution in [0.2, 0.25) is 0 Å². The molecular weight excluding hydrogens is 154 g/mol. The molecule has 0 fully saturated rings. The third-order valence-electron chi connectivity index (χ3n) is 0.820. The van der Waals surface area contributed by atoms with Crippen molar-refractivity contribution in [3.63, 3.8) is 0 Å². The van der Waals surface area contributed by atoms with Gasteiger partial charge in [-0.1, -0.05) is 6.92 Å². The normalized spacial score (nSPS) is 11.5. The maximum Gasteiger partial charge on any atom is 0.322 e. The first-order valence-corrected chi connectivity index (χ1v) is 3.10. The van der Waals surface area contributed by atoms with Crippen LogP contribution in [0.4, 0.5) is 0 Å². The van der Waals surface area contributed by atoms with Gasteiger partial charge in [0.1, 0.15) is 6.04 Å². The van der Waals surface area contributed by atoms with Crippen LogP contribution in [0.3, 0.4) is 0 Å². The predicted molar refractivity (Wildman–Crippen MR) is 42.1 cm³/mol. The summed E-state index contributed by atoms with van der Waals surface area (Å²) in [6.07, 6.45) is 0.846. The minimum Gasteiger partial charge on any atom is -0.465 e. The van der Waals surface area contributed by atoms with Gasteiger partial charge in [0.05, 0.1) is 6.61 Å². The Morgan fingerprint density at radius 2 is 2.20 bits per heavy atom. The van der Waals surface area contributed by atoms with Crippen molar-refractivity contribution in [1.82, 2.24) is 0 Å². The quantitative estimate of drug-likeness (QED) is 0.630. The fourth-order valence-corrected chi connectivity index (χ4v) is 0.334. The topological polar surface area (TPSA) is 52.3 Å². The molecule has 3 nitrogen and oxygen atoms in total.